The Balaban J connectivity index is 1.90. The summed E-state index contributed by atoms with van der Waals surface area (Å²) in [7, 11) is 2.12. The molecule has 2 heterocycles. The van der Waals surface area contributed by atoms with E-state index in [-0.39, 0.29) is 5.91 Å². The van der Waals surface area contributed by atoms with E-state index in [4.69, 9.17) is 11.6 Å². The molecule has 5 heteroatoms. The predicted molar refractivity (Wildman–Crippen MR) is 76.5 cm³/mol. The number of halogens is 1. The van der Waals surface area contributed by atoms with Gasteiger partial charge in [-0.3, -0.25) is 4.79 Å². The van der Waals surface area contributed by atoms with Crippen LogP contribution < -0.4 is 5.32 Å². The van der Waals surface area contributed by atoms with E-state index in [1.165, 1.54) is 12.8 Å². The molecule has 0 bridgehead atoms. The fourth-order valence-corrected chi connectivity index (χ4v) is 2.79. The van der Waals surface area contributed by atoms with E-state index in [9.17, 15) is 4.79 Å². The largest absolute Gasteiger partial charge is 0.352 e. The Morgan fingerprint density at radius 1 is 1.58 bits per heavy atom. The molecule has 1 aliphatic heterocycles. The van der Waals surface area contributed by atoms with Crippen LogP contribution in [0.4, 0.5) is 0 Å². The van der Waals surface area contributed by atoms with Crippen molar-refractivity contribution in [2.75, 3.05) is 26.7 Å². The van der Waals surface area contributed by atoms with E-state index in [0.717, 1.165) is 25.3 Å². The lowest BCUT2D eigenvalue weighted by Crippen LogP contribution is -2.39. The molecule has 0 saturated carbocycles. The monoisotopic (exact) mass is 281 g/mol. The van der Waals surface area contributed by atoms with E-state index >= 15 is 0 Å². The Labute approximate surface area is 119 Å². The number of nitrogens with one attached hydrogen (secondary N) is 1. The quantitative estimate of drug-likeness (QED) is 0.863. The number of aryl methyl sites for hydroxylation is 1. The van der Waals surface area contributed by atoms with Crippen LogP contribution in [-0.4, -0.2) is 42.5 Å². The van der Waals surface area contributed by atoms with Crippen molar-refractivity contribution in [3.05, 3.63) is 28.5 Å². The lowest BCUT2D eigenvalue weighted by molar-refractivity contribution is 0.0936. The van der Waals surface area contributed by atoms with Gasteiger partial charge < -0.3 is 10.2 Å². The van der Waals surface area contributed by atoms with Crippen molar-refractivity contribution in [3.8, 4) is 0 Å². The molecular formula is C14H20ClN3O. The lowest BCUT2D eigenvalue weighted by atomic mass is 9.98. The maximum absolute atomic E-state index is 12.1. The number of hydrogen-bond acceptors (Lipinski definition) is 3. The van der Waals surface area contributed by atoms with Crippen molar-refractivity contribution >= 4 is 17.5 Å². The molecular weight excluding hydrogens is 262 g/mol. The van der Waals surface area contributed by atoms with Gasteiger partial charge in [-0.05, 0) is 51.4 Å². The number of likely N-dealkylation sites (tertiary alicyclic amines) is 1. The van der Waals surface area contributed by atoms with E-state index in [1.807, 2.05) is 6.92 Å². The van der Waals surface area contributed by atoms with Gasteiger partial charge in [-0.2, -0.15) is 0 Å². The van der Waals surface area contributed by atoms with Crippen molar-refractivity contribution in [3.63, 3.8) is 0 Å². The SMILES string of the molecule is Cc1cc(C(=O)NCC2CCCN(C)C2)cc(Cl)n1. The molecule has 1 unspecified atom stereocenters. The Morgan fingerprint density at radius 2 is 2.37 bits per heavy atom. The number of amides is 1. The number of rotatable bonds is 3. The van der Waals surface area contributed by atoms with Crippen molar-refractivity contribution in [2.24, 2.45) is 5.92 Å². The molecule has 2 rings (SSSR count). The number of carbonyl (C=O) groups is 1. The summed E-state index contributed by atoms with van der Waals surface area (Å²) >= 11 is 5.86. The summed E-state index contributed by atoms with van der Waals surface area (Å²) < 4.78 is 0. The van der Waals surface area contributed by atoms with Gasteiger partial charge in [0.05, 0.1) is 0 Å². The second kappa shape index (κ2) is 6.35. The first-order chi connectivity index (χ1) is 9.04. The highest BCUT2D eigenvalue weighted by molar-refractivity contribution is 6.29. The van der Waals surface area contributed by atoms with Crippen LogP contribution in [0.25, 0.3) is 0 Å². The average Bonchev–Trinajstić information content (AvgIpc) is 2.35. The first-order valence-corrected chi connectivity index (χ1v) is 7.03. The fraction of sp³-hybridized carbons (Fsp3) is 0.571. The summed E-state index contributed by atoms with van der Waals surface area (Å²) in [4.78, 5) is 18.4. The minimum absolute atomic E-state index is 0.0689. The standard InChI is InChI=1S/C14H20ClN3O/c1-10-6-12(7-13(15)17-10)14(19)16-8-11-4-3-5-18(2)9-11/h6-7,11H,3-5,8-9H2,1-2H3,(H,16,19). The van der Waals surface area contributed by atoms with Crippen molar-refractivity contribution in [1.29, 1.82) is 0 Å². The van der Waals surface area contributed by atoms with Gasteiger partial charge in [0.1, 0.15) is 5.15 Å². The Hall–Kier alpha value is -1.13. The van der Waals surface area contributed by atoms with Crippen LogP contribution in [0.5, 0.6) is 0 Å². The van der Waals surface area contributed by atoms with Gasteiger partial charge in [0.15, 0.2) is 0 Å². The molecule has 1 aromatic rings. The molecule has 1 aromatic heterocycles. The van der Waals surface area contributed by atoms with Crippen LogP contribution in [0.1, 0.15) is 28.9 Å². The molecule has 0 aromatic carbocycles. The lowest BCUT2D eigenvalue weighted by Gasteiger charge is -2.29. The summed E-state index contributed by atoms with van der Waals surface area (Å²) in [6.07, 6.45) is 2.39. The summed E-state index contributed by atoms with van der Waals surface area (Å²) in [6, 6.07) is 3.37. The molecule has 1 amide bonds. The zero-order valence-electron chi connectivity index (χ0n) is 11.4. The van der Waals surface area contributed by atoms with Crippen LogP contribution in [0.2, 0.25) is 5.15 Å². The minimum atomic E-state index is -0.0689. The summed E-state index contributed by atoms with van der Waals surface area (Å²) in [5.41, 5.74) is 1.34. The predicted octanol–water partition coefficient (Wildman–Crippen LogP) is 2.12. The molecule has 4 nitrogen and oxygen atoms in total. The molecule has 104 valence electrons. The second-order valence-electron chi connectivity index (χ2n) is 5.30. The van der Waals surface area contributed by atoms with Crippen LogP contribution >= 0.6 is 11.6 Å². The molecule has 19 heavy (non-hydrogen) atoms. The first-order valence-electron chi connectivity index (χ1n) is 6.65. The number of pyridine rings is 1. The highest BCUT2D eigenvalue weighted by Gasteiger charge is 2.18. The maximum Gasteiger partial charge on any atom is 0.251 e. The number of aromatic nitrogens is 1. The summed E-state index contributed by atoms with van der Waals surface area (Å²) in [5.74, 6) is 0.474. The van der Waals surface area contributed by atoms with Gasteiger partial charge >= 0.3 is 0 Å². The molecule has 0 aliphatic carbocycles. The van der Waals surface area contributed by atoms with Gasteiger partial charge in [-0.15, -0.1) is 0 Å². The summed E-state index contributed by atoms with van der Waals surface area (Å²) in [6.45, 7) is 4.76. The fourth-order valence-electron chi connectivity index (χ4n) is 2.54. The normalized spacial score (nSPS) is 20.3. The third kappa shape index (κ3) is 4.18. The highest BCUT2D eigenvalue weighted by Crippen LogP contribution is 2.15. The summed E-state index contributed by atoms with van der Waals surface area (Å²) in [5, 5.41) is 3.36. The topological polar surface area (TPSA) is 45.2 Å². The number of nitrogens with zero attached hydrogens (tertiary/aromatic N) is 2. The smallest absolute Gasteiger partial charge is 0.251 e. The van der Waals surface area contributed by atoms with Crippen molar-refractivity contribution in [1.82, 2.24) is 15.2 Å². The highest BCUT2D eigenvalue weighted by atomic mass is 35.5. The van der Waals surface area contributed by atoms with E-state index in [2.05, 4.69) is 22.2 Å². The van der Waals surface area contributed by atoms with Gasteiger partial charge in [0.25, 0.3) is 5.91 Å². The number of hydrogen-bond donors (Lipinski definition) is 1. The Bertz CT molecular complexity index is 444. The minimum Gasteiger partial charge on any atom is -0.352 e. The van der Waals surface area contributed by atoms with Crippen LogP contribution in [0.15, 0.2) is 12.1 Å². The van der Waals surface area contributed by atoms with Crippen LogP contribution in [0, 0.1) is 12.8 Å². The van der Waals surface area contributed by atoms with Crippen molar-refractivity contribution in [2.45, 2.75) is 19.8 Å². The van der Waals surface area contributed by atoms with E-state index < -0.39 is 0 Å². The van der Waals surface area contributed by atoms with Crippen molar-refractivity contribution < 1.29 is 4.79 Å². The van der Waals surface area contributed by atoms with Crippen LogP contribution in [-0.2, 0) is 0 Å². The molecule has 1 aliphatic rings. The zero-order valence-corrected chi connectivity index (χ0v) is 12.2. The molecule has 0 spiro atoms. The molecule has 0 radical (unpaired) electrons. The third-order valence-electron chi connectivity index (χ3n) is 3.46. The molecule has 1 saturated heterocycles. The Morgan fingerprint density at radius 3 is 3.05 bits per heavy atom. The molecule has 1 atom stereocenters. The first kappa shape index (κ1) is 14.3. The zero-order chi connectivity index (χ0) is 13.8. The van der Waals surface area contributed by atoms with Gasteiger partial charge in [-0.1, -0.05) is 11.6 Å². The number of carbonyl (C=O) groups excluding carboxylic acids is 1. The van der Waals surface area contributed by atoms with Crippen LogP contribution in [0.3, 0.4) is 0 Å². The van der Waals surface area contributed by atoms with Gasteiger partial charge in [0.2, 0.25) is 0 Å². The molecule has 1 fully saturated rings. The third-order valence-corrected chi connectivity index (χ3v) is 3.65. The van der Waals surface area contributed by atoms with Gasteiger partial charge in [-0.25, -0.2) is 4.98 Å². The van der Waals surface area contributed by atoms with E-state index in [0.29, 0.717) is 16.6 Å². The molecule has 1 N–H and O–H groups in total. The maximum atomic E-state index is 12.1. The van der Waals surface area contributed by atoms with Gasteiger partial charge in [0, 0.05) is 24.3 Å². The average molecular weight is 282 g/mol. The number of piperidine rings is 1. The second-order valence-corrected chi connectivity index (χ2v) is 5.69. The Kier molecular flexibility index (Phi) is 4.77. The van der Waals surface area contributed by atoms with E-state index in [1.54, 1.807) is 12.1 Å².